The average molecular weight is 1250 g/mol. The van der Waals surface area contributed by atoms with Gasteiger partial charge in [0.1, 0.15) is 23.7 Å². The number of carbonyl (C=O) groups is 11. The van der Waals surface area contributed by atoms with Crippen LogP contribution < -0.4 is 43.8 Å². The Kier molecular flexibility index (Phi) is 38.7. The molecule has 14 N–H and O–H groups in total. The first-order chi connectivity index (χ1) is 40.3. The maximum Gasteiger partial charge on any atom is 0.326 e. The Morgan fingerprint density at radius 3 is 1.33 bits per heavy atom. The van der Waals surface area contributed by atoms with Gasteiger partial charge in [0.25, 0.3) is 11.8 Å². The highest BCUT2D eigenvalue weighted by Gasteiger charge is 2.25. The van der Waals surface area contributed by atoms with E-state index in [0.717, 1.165) is 36.5 Å². The Balaban J connectivity index is 0.000000638. The van der Waals surface area contributed by atoms with E-state index >= 15 is 0 Å². The number of carboxylic acid groups (broad SMARTS) is 3. The highest BCUT2D eigenvalue weighted by atomic mass is 32.2. The Hall–Kier alpha value is -7.24. The number of hydrogen-bond acceptors (Lipinski definition) is 20. The molecule has 0 aliphatic carbocycles. The van der Waals surface area contributed by atoms with Crippen LogP contribution >= 0.6 is 35.3 Å². The summed E-state index contributed by atoms with van der Waals surface area (Å²) < 4.78 is 14.8. The number of anilines is 6. The zero-order valence-corrected chi connectivity index (χ0v) is 51.3. The number of thioether (sulfide) groups is 3. The third kappa shape index (κ3) is 33.7. The van der Waals surface area contributed by atoms with Crippen LogP contribution in [-0.4, -0.2) is 168 Å². The fourth-order valence-corrected chi connectivity index (χ4v) is 9.35. The van der Waals surface area contributed by atoms with E-state index in [-0.39, 0.29) is 113 Å². The van der Waals surface area contributed by atoms with E-state index in [0.29, 0.717) is 55.3 Å². The highest BCUT2D eigenvalue weighted by Crippen LogP contribution is 2.25. The smallest absolute Gasteiger partial charge is 0.326 e. The molecule has 0 spiro atoms. The summed E-state index contributed by atoms with van der Waals surface area (Å²) in [6.45, 7) is 6.50. The SMILES string of the molecule is CCCC(CC(=O)c1ccc(N)c(NC(=O)CSCCCOC)c1)C(=O)O.COCCCSCC(=O)Nc1cc(C(=O)NC(CCC(C)=O)C(=O)O)ccc1N.COCCCSCC(=O)Nc1cc(N)cc(C(=O)NC(CCC(C)=O)C(=O)O)c1. The van der Waals surface area contributed by atoms with Gasteiger partial charge in [-0.25, -0.2) is 9.59 Å². The molecule has 25 nitrogen and oxygen atoms in total. The Labute approximate surface area is 507 Å². The number of nitrogens with two attached hydrogens (primary N) is 3. The van der Waals surface area contributed by atoms with E-state index in [9.17, 15) is 68.1 Å². The summed E-state index contributed by atoms with van der Waals surface area (Å²) in [4.78, 5) is 129. The Bertz CT molecular complexity index is 2700. The minimum absolute atomic E-state index is 0.00470. The van der Waals surface area contributed by atoms with Crippen molar-refractivity contribution in [2.24, 2.45) is 5.92 Å². The van der Waals surface area contributed by atoms with E-state index in [1.807, 2.05) is 6.92 Å². The van der Waals surface area contributed by atoms with E-state index in [1.165, 1.54) is 91.6 Å². The highest BCUT2D eigenvalue weighted by molar-refractivity contribution is 8.00. The molecule has 0 fully saturated rings. The summed E-state index contributed by atoms with van der Waals surface area (Å²) in [5.74, 6) is -3.64. The molecule has 0 aliphatic heterocycles. The monoisotopic (exact) mass is 1250 g/mol. The fraction of sp³-hybridized carbons (Fsp3) is 0.491. The molecule has 0 aliphatic rings. The molecule has 85 heavy (non-hydrogen) atoms. The van der Waals surface area contributed by atoms with Crippen LogP contribution in [0.25, 0.3) is 0 Å². The number of ether oxygens (including phenoxy) is 3. The Morgan fingerprint density at radius 2 is 0.929 bits per heavy atom. The van der Waals surface area contributed by atoms with E-state index in [4.69, 9.17) is 31.4 Å². The van der Waals surface area contributed by atoms with Gasteiger partial charge in [0.2, 0.25) is 17.7 Å². The molecule has 0 saturated heterocycles. The number of hydrogen-bond donors (Lipinski definition) is 11. The minimum atomic E-state index is -1.23. The first kappa shape index (κ1) is 75.8. The van der Waals surface area contributed by atoms with Crippen molar-refractivity contribution >= 4 is 134 Å². The molecule has 0 radical (unpaired) electrons. The predicted molar refractivity (Wildman–Crippen MR) is 332 cm³/mol. The fourth-order valence-electron chi connectivity index (χ4n) is 7.17. The molecular weight excluding hydrogens is 1160 g/mol. The zero-order valence-electron chi connectivity index (χ0n) is 48.9. The van der Waals surface area contributed by atoms with Crippen molar-refractivity contribution in [3.05, 3.63) is 71.3 Å². The minimum Gasteiger partial charge on any atom is -0.481 e. The van der Waals surface area contributed by atoms with Crippen molar-refractivity contribution in [1.82, 2.24) is 10.6 Å². The van der Waals surface area contributed by atoms with Gasteiger partial charge in [0.15, 0.2) is 5.78 Å². The van der Waals surface area contributed by atoms with Crippen LogP contribution in [0, 0.1) is 5.92 Å². The molecule has 3 rings (SSSR count). The molecule has 28 heteroatoms. The van der Waals surface area contributed by atoms with Crippen LogP contribution in [0.5, 0.6) is 0 Å². The number of amides is 5. The second kappa shape index (κ2) is 43.4. The van der Waals surface area contributed by atoms with Crippen molar-refractivity contribution in [3.8, 4) is 0 Å². The molecule has 0 aromatic heterocycles. The second-order valence-electron chi connectivity index (χ2n) is 19.0. The number of Topliss-reactive ketones (excluding diaryl/α,β-unsaturated/α-hetero) is 3. The van der Waals surface area contributed by atoms with Gasteiger partial charge in [-0.3, -0.25) is 33.6 Å². The van der Waals surface area contributed by atoms with Gasteiger partial charge in [0.05, 0.1) is 45.9 Å². The summed E-state index contributed by atoms with van der Waals surface area (Å²) in [5, 5.41) is 40.5. The zero-order chi connectivity index (χ0) is 63.9. The predicted octanol–water partition coefficient (Wildman–Crippen LogP) is 6.11. The van der Waals surface area contributed by atoms with Crippen LogP contribution in [-0.2, 0) is 52.6 Å². The summed E-state index contributed by atoms with van der Waals surface area (Å²) in [5.41, 5.74) is 20.0. The molecule has 3 aromatic carbocycles. The lowest BCUT2D eigenvalue weighted by Gasteiger charge is -2.15. The molecule has 0 heterocycles. The van der Waals surface area contributed by atoms with Crippen molar-refractivity contribution in [1.29, 1.82) is 0 Å². The molecule has 3 aromatic rings. The number of benzene rings is 3. The number of aliphatic carboxylic acids is 3. The Morgan fingerprint density at radius 1 is 0.518 bits per heavy atom. The molecule has 5 amide bonds. The quantitative estimate of drug-likeness (QED) is 0.0174. The molecule has 470 valence electrons. The van der Waals surface area contributed by atoms with E-state index < -0.39 is 47.7 Å². The number of nitrogen functional groups attached to an aromatic ring is 3. The second-order valence-corrected chi connectivity index (χ2v) is 22.3. The van der Waals surface area contributed by atoms with Crippen LogP contribution in [0.15, 0.2) is 54.6 Å². The van der Waals surface area contributed by atoms with Crippen LogP contribution in [0.2, 0.25) is 0 Å². The largest absolute Gasteiger partial charge is 0.481 e. The molecule has 0 saturated carbocycles. The van der Waals surface area contributed by atoms with Crippen LogP contribution in [0.4, 0.5) is 34.1 Å². The van der Waals surface area contributed by atoms with Gasteiger partial charge in [-0.2, -0.15) is 35.3 Å². The lowest BCUT2D eigenvalue weighted by atomic mass is 9.94. The third-order valence-electron chi connectivity index (χ3n) is 11.5. The lowest BCUT2D eigenvalue weighted by molar-refractivity contribution is -0.142. The summed E-state index contributed by atoms with van der Waals surface area (Å²) in [6, 6.07) is 10.8. The average Bonchev–Trinajstić information content (AvgIpc) is 3.51. The lowest BCUT2D eigenvalue weighted by Crippen LogP contribution is -2.41. The molecule has 3 atom stereocenters. The van der Waals surface area contributed by atoms with Gasteiger partial charge >= 0.3 is 17.9 Å². The maximum absolute atomic E-state index is 12.4. The van der Waals surface area contributed by atoms with Crippen molar-refractivity contribution in [2.45, 2.75) is 97.1 Å². The molecule has 3 unspecified atom stereocenters. The topological polar surface area (TPSA) is 414 Å². The van der Waals surface area contributed by atoms with Crippen LogP contribution in [0.1, 0.15) is 116 Å². The first-order valence-electron chi connectivity index (χ1n) is 27.0. The van der Waals surface area contributed by atoms with Gasteiger partial charge in [0, 0.05) is 88.5 Å². The van der Waals surface area contributed by atoms with Crippen LogP contribution in [0.3, 0.4) is 0 Å². The summed E-state index contributed by atoms with van der Waals surface area (Å²) in [6.07, 6.45) is 3.66. The van der Waals surface area contributed by atoms with Crippen molar-refractivity contribution in [3.63, 3.8) is 0 Å². The number of carbonyl (C=O) groups excluding carboxylic acids is 8. The van der Waals surface area contributed by atoms with Gasteiger partial charge < -0.3 is 82.9 Å². The summed E-state index contributed by atoms with van der Waals surface area (Å²) in [7, 11) is 4.87. The normalized spacial score (nSPS) is 11.6. The van der Waals surface area contributed by atoms with Gasteiger partial charge in [-0.15, -0.1) is 0 Å². The van der Waals surface area contributed by atoms with E-state index in [2.05, 4.69) is 26.6 Å². The number of carboxylic acids is 3. The standard InChI is InChI=1S/2C19H27N3O6S.C19H28N2O5S/c1-12(23)4-7-15(19(26)27)22-18(25)13-5-6-14(20)16(10-13)21-17(24)11-29-9-3-8-28-2;1-12(23)4-5-16(19(26)27)22-18(25)13-8-14(20)10-15(9-13)21-17(24)11-29-7-3-6-28-2;1-3-5-14(19(24)25)11-17(22)13-6-7-15(20)16(10-13)21-18(23)12-27-9-4-8-26-2/h5-6,10,15H,3-4,7-9,11,20H2,1-2H3,(H,21,24)(H,22,25)(H,26,27);8-10,16H,3-7,11,20H2,1-2H3,(H,21,24)(H,22,25)(H,26,27);6-7,10,14H,3-5,8-9,11-12,20H2,1-2H3,(H,21,23)(H,24,25). The van der Waals surface area contributed by atoms with Crippen molar-refractivity contribution in [2.75, 3.05) is 109 Å². The van der Waals surface area contributed by atoms with Gasteiger partial charge in [-0.1, -0.05) is 13.3 Å². The van der Waals surface area contributed by atoms with Gasteiger partial charge in [-0.05, 0) is 124 Å². The first-order valence-corrected chi connectivity index (χ1v) is 30.4. The van der Waals surface area contributed by atoms with Crippen molar-refractivity contribution < 1.29 is 82.3 Å². The molecule has 0 bridgehead atoms. The summed E-state index contributed by atoms with van der Waals surface area (Å²) >= 11 is 4.40. The molecular formula is C57H82N8O17S3. The van der Waals surface area contributed by atoms with E-state index in [1.54, 1.807) is 33.5 Å². The number of methoxy groups -OCH3 is 3. The number of ketones is 3. The number of rotatable bonds is 39. The maximum atomic E-state index is 12.4. The third-order valence-corrected chi connectivity index (χ3v) is 14.7. The number of nitrogens with one attached hydrogen (secondary N) is 5.